The third-order valence-electron chi connectivity index (χ3n) is 3.94. The van der Waals surface area contributed by atoms with E-state index in [0.717, 1.165) is 5.56 Å². The van der Waals surface area contributed by atoms with Crippen molar-refractivity contribution in [1.29, 1.82) is 5.26 Å². The molecule has 7 heteroatoms. The monoisotopic (exact) mass is 367 g/mol. The number of carboxylic acid groups (broad SMARTS) is 1. The van der Waals surface area contributed by atoms with Gasteiger partial charge in [0.25, 0.3) is 0 Å². The Morgan fingerprint density at radius 2 is 1.96 bits per heavy atom. The third kappa shape index (κ3) is 6.36. The third-order valence-corrected chi connectivity index (χ3v) is 3.94. The quantitative estimate of drug-likeness (QED) is 0.663. The fourth-order valence-electron chi connectivity index (χ4n) is 2.64. The zero-order chi connectivity index (χ0) is 19.6. The maximum Gasteiger partial charge on any atom is 0.319 e. The summed E-state index contributed by atoms with van der Waals surface area (Å²) in [6, 6.07) is 15.4. The highest BCUT2D eigenvalue weighted by molar-refractivity contribution is 5.91. The second-order valence-corrected chi connectivity index (χ2v) is 5.94. The van der Waals surface area contributed by atoms with E-state index < -0.39 is 12.0 Å². The fourth-order valence-corrected chi connectivity index (χ4v) is 2.64. The highest BCUT2D eigenvalue weighted by Crippen LogP contribution is 2.25. The molecular formula is C20H21N3O4. The summed E-state index contributed by atoms with van der Waals surface area (Å²) in [6.45, 7) is 0. The number of nitriles is 1. The van der Waals surface area contributed by atoms with E-state index in [4.69, 9.17) is 15.1 Å². The van der Waals surface area contributed by atoms with Crippen LogP contribution in [0.3, 0.4) is 0 Å². The molecule has 0 bridgehead atoms. The standard InChI is InChI=1S/C20H21N3O4/c1-27-18-9-7-15(13-21)12-17(18)23-20(26)22-16(8-10-19(24)25)11-14-5-3-2-4-6-14/h2-7,9,12,16H,8,10-11H2,1H3,(H,24,25)(H2,22,23,26). The van der Waals surface area contributed by atoms with E-state index in [1.807, 2.05) is 36.4 Å². The number of anilines is 1. The van der Waals surface area contributed by atoms with Gasteiger partial charge in [-0.05, 0) is 36.6 Å². The lowest BCUT2D eigenvalue weighted by Gasteiger charge is -2.19. The number of carbonyl (C=O) groups is 2. The van der Waals surface area contributed by atoms with Crippen LogP contribution in [0.5, 0.6) is 5.75 Å². The van der Waals surface area contributed by atoms with Gasteiger partial charge in [0.05, 0.1) is 24.4 Å². The Morgan fingerprint density at radius 1 is 1.22 bits per heavy atom. The van der Waals surface area contributed by atoms with Crippen molar-refractivity contribution in [3.8, 4) is 11.8 Å². The smallest absolute Gasteiger partial charge is 0.319 e. The number of benzene rings is 2. The van der Waals surface area contributed by atoms with E-state index in [9.17, 15) is 9.59 Å². The zero-order valence-electron chi connectivity index (χ0n) is 14.9. The number of amides is 2. The lowest BCUT2D eigenvalue weighted by Crippen LogP contribution is -2.39. The molecular weight excluding hydrogens is 346 g/mol. The number of carbonyl (C=O) groups excluding carboxylic acids is 1. The maximum atomic E-state index is 12.4. The van der Waals surface area contributed by atoms with Crippen molar-refractivity contribution in [3.05, 3.63) is 59.7 Å². The van der Waals surface area contributed by atoms with E-state index in [0.29, 0.717) is 29.8 Å². The number of ether oxygens (including phenoxy) is 1. The molecule has 2 aromatic carbocycles. The Labute approximate surface area is 157 Å². The van der Waals surface area contributed by atoms with Gasteiger partial charge in [0.15, 0.2) is 0 Å². The van der Waals surface area contributed by atoms with Crippen LogP contribution in [0.2, 0.25) is 0 Å². The number of nitrogens with one attached hydrogen (secondary N) is 2. The van der Waals surface area contributed by atoms with Crippen LogP contribution in [0.25, 0.3) is 0 Å². The summed E-state index contributed by atoms with van der Waals surface area (Å²) < 4.78 is 5.20. The molecule has 0 aliphatic carbocycles. The van der Waals surface area contributed by atoms with Crippen LogP contribution in [-0.4, -0.2) is 30.3 Å². The van der Waals surface area contributed by atoms with E-state index in [1.54, 1.807) is 12.1 Å². The molecule has 0 saturated heterocycles. The molecule has 0 aliphatic rings. The van der Waals surface area contributed by atoms with Gasteiger partial charge in [0, 0.05) is 12.5 Å². The number of hydrogen-bond donors (Lipinski definition) is 3. The van der Waals surface area contributed by atoms with E-state index in [1.165, 1.54) is 13.2 Å². The van der Waals surface area contributed by atoms with Gasteiger partial charge in [-0.3, -0.25) is 4.79 Å². The summed E-state index contributed by atoms with van der Waals surface area (Å²) in [5.74, 6) is -0.493. The lowest BCUT2D eigenvalue weighted by molar-refractivity contribution is -0.137. The van der Waals surface area contributed by atoms with Crippen molar-refractivity contribution >= 4 is 17.7 Å². The topological polar surface area (TPSA) is 111 Å². The van der Waals surface area contributed by atoms with E-state index in [2.05, 4.69) is 10.6 Å². The number of aliphatic carboxylic acids is 1. The van der Waals surface area contributed by atoms with Gasteiger partial charge in [0.1, 0.15) is 5.75 Å². The number of carboxylic acids is 1. The molecule has 140 valence electrons. The minimum absolute atomic E-state index is 0.0506. The largest absolute Gasteiger partial charge is 0.495 e. The first-order chi connectivity index (χ1) is 13.0. The number of urea groups is 1. The van der Waals surface area contributed by atoms with Crippen LogP contribution in [0.15, 0.2) is 48.5 Å². The first-order valence-corrected chi connectivity index (χ1v) is 8.43. The molecule has 2 rings (SSSR count). The van der Waals surface area contributed by atoms with E-state index in [-0.39, 0.29) is 12.5 Å². The average molecular weight is 367 g/mol. The molecule has 0 heterocycles. The highest BCUT2D eigenvalue weighted by Gasteiger charge is 2.16. The summed E-state index contributed by atoms with van der Waals surface area (Å²) >= 11 is 0. The molecule has 3 N–H and O–H groups in total. The molecule has 27 heavy (non-hydrogen) atoms. The molecule has 0 fully saturated rings. The second-order valence-electron chi connectivity index (χ2n) is 5.94. The van der Waals surface area contributed by atoms with Crippen LogP contribution >= 0.6 is 0 Å². The molecule has 7 nitrogen and oxygen atoms in total. The Hall–Kier alpha value is -3.53. The van der Waals surface area contributed by atoms with Crippen LogP contribution in [0, 0.1) is 11.3 Å². The second kappa shape index (κ2) is 9.82. The molecule has 0 spiro atoms. The fraction of sp³-hybridized carbons (Fsp3) is 0.250. The van der Waals surface area contributed by atoms with Crippen LogP contribution in [0.4, 0.5) is 10.5 Å². The highest BCUT2D eigenvalue weighted by atomic mass is 16.5. The number of rotatable bonds is 8. The zero-order valence-corrected chi connectivity index (χ0v) is 14.9. The van der Waals surface area contributed by atoms with Crippen molar-refractivity contribution in [2.45, 2.75) is 25.3 Å². The maximum absolute atomic E-state index is 12.4. The Kier molecular flexibility index (Phi) is 7.20. The van der Waals surface area contributed by atoms with Crippen molar-refractivity contribution in [1.82, 2.24) is 5.32 Å². The molecule has 1 atom stereocenters. The van der Waals surface area contributed by atoms with Gasteiger partial charge in [0.2, 0.25) is 0 Å². The SMILES string of the molecule is COc1ccc(C#N)cc1NC(=O)NC(CCC(=O)O)Cc1ccccc1. The van der Waals surface area contributed by atoms with Gasteiger partial charge < -0.3 is 20.5 Å². The summed E-state index contributed by atoms with van der Waals surface area (Å²) in [7, 11) is 1.47. The minimum Gasteiger partial charge on any atom is -0.495 e. The Balaban J connectivity index is 2.08. The van der Waals surface area contributed by atoms with Gasteiger partial charge in [-0.1, -0.05) is 30.3 Å². The minimum atomic E-state index is -0.918. The lowest BCUT2D eigenvalue weighted by atomic mass is 10.0. The first kappa shape index (κ1) is 19.8. The molecule has 1 unspecified atom stereocenters. The average Bonchev–Trinajstić information content (AvgIpc) is 2.66. The normalized spacial score (nSPS) is 11.1. The number of hydrogen-bond acceptors (Lipinski definition) is 4. The Morgan fingerprint density at radius 3 is 2.59 bits per heavy atom. The predicted octanol–water partition coefficient (Wildman–Crippen LogP) is 3.16. The van der Waals surface area contributed by atoms with Crippen molar-refractivity contribution in [2.24, 2.45) is 0 Å². The van der Waals surface area contributed by atoms with Crippen LogP contribution < -0.4 is 15.4 Å². The van der Waals surface area contributed by atoms with Crippen LogP contribution in [-0.2, 0) is 11.2 Å². The Bertz CT molecular complexity index is 831. The van der Waals surface area contributed by atoms with Gasteiger partial charge >= 0.3 is 12.0 Å². The molecule has 0 saturated carbocycles. The van der Waals surface area contributed by atoms with Gasteiger partial charge in [-0.2, -0.15) is 5.26 Å². The van der Waals surface area contributed by atoms with Crippen LogP contribution in [0.1, 0.15) is 24.0 Å². The summed E-state index contributed by atoms with van der Waals surface area (Å²) in [6.07, 6.45) is 0.759. The van der Waals surface area contributed by atoms with Gasteiger partial charge in [-0.15, -0.1) is 0 Å². The number of methoxy groups -OCH3 is 1. The van der Waals surface area contributed by atoms with Crippen molar-refractivity contribution in [2.75, 3.05) is 12.4 Å². The van der Waals surface area contributed by atoms with Crippen molar-refractivity contribution in [3.63, 3.8) is 0 Å². The first-order valence-electron chi connectivity index (χ1n) is 8.43. The molecule has 0 aromatic heterocycles. The summed E-state index contributed by atoms with van der Waals surface area (Å²) in [5, 5.41) is 23.4. The predicted molar refractivity (Wildman–Crippen MR) is 101 cm³/mol. The molecule has 2 aromatic rings. The molecule has 0 aliphatic heterocycles. The van der Waals surface area contributed by atoms with Gasteiger partial charge in [-0.25, -0.2) is 4.79 Å². The molecule has 2 amide bonds. The summed E-state index contributed by atoms with van der Waals surface area (Å²) in [4.78, 5) is 23.3. The van der Waals surface area contributed by atoms with Crippen molar-refractivity contribution < 1.29 is 19.4 Å². The molecule has 0 radical (unpaired) electrons. The van der Waals surface area contributed by atoms with E-state index >= 15 is 0 Å². The number of nitrogens with zero attached hydrogens (tertiary/aromatic N) is 1. The summed E-state index contributed by atoms with van der Waals surface area (Å²) in [5.41, 5.74) is 1.75.